The van der Waals surface area contributed by atoms with Gasteiger partial charge in [-0.25, -0.2) is 19.6 Å². The summed E-state index contributed by atoms with van der Waals surface area (Å²) in [6.07, 6.45) is -1.32. The number of ether oxygens (including phenoxy) is 2. The minimum absolute atomic E-state index is 0.212. The highest BCUT2D eigenvalue weighted by molar-refractivity contribution is 8.03. The van der Waals surface area contributed by atoms with Gasteiger partial charge in [-0.1, -0.05) is 121 Å². The number of benzene rings is 4. The van der Waals surface area contributed by atoms with Crippen molar-refractivity contribution in [2.45, 2.75) is 24.4 Å². The molecule has 2 atom stereocenters. The zero-order chi connectivity index (χ0) is 37.3. The maximum absolute atomic E-state index is 14.5. The average molecular weight is 757 g/mol. The predicted octanol–water partition coefficient (Wildman–Crippen LogP) is 6.52. The van der Waals surface area contributed by atoms with Crippen LogP contribution in [0.25, 0.3) is 11.3 Å². The van der Waals surface area contributed by atoms with Crippen molar-refractivity contribution < 1.29 is 23.9 Å². The molecule has 4 heterocycles. The highest BCUT2D eigenvalue weighted by atomic mass is 32.2. The number of nitrogens with one attached hydrogen (secondary N) is 1. The molecule has 0 bridgehead atoms. The summed E-state index contributed by atoms with van der Waals surface area (Å²) in [4.78, 5) is 47.6. The van der Waals surface area contributed by atoms with Crippen molar-refractivity contribution in [3.63, 3.8) is 0 Å². The first-order valence-corrected chi connectivity index (χ1v) is 19.3. The molecule has 0 saturated carbocycles. The molecular formula is C41H36N6O5S2. The Kier molecular flexibility index (Phi) is 9.86. The van der Waals surface area contributed by atoms with Crippen LogP contribution in [-0.4, -0.2) is 68.6 Å². The topological polar surface area (TPSA) is 130 Å². The number of allylic oxidation sites excluding steroid dienone is 1. The summed E-state index contributed by atoms with van der Waals surface area (Å²) < 4.78 is 11.5. The Morgan fingerprint density at radius 1 is 0.907 bits per heavy atom. The molecule has 4 aromatic rings. The molecule has 4 aliphatic heterocycles. The van der Waals surface area contributed by atoms with E-state index >= 15 is 0 Å². The van der Waals surface area contributed by atoms with Gasteiger partial charge in [0.2, 0.25) is 5.91 Å². The molecule has 13 heteroatoms. The number of hydrogen-bond acceptors (Lipinski definition) is 11. The molecule has 54 heavy (non-hydrogen) atoms. The van der Waals surface area contributed by atoms with Crippen molar-refractivity contribution in [3.05, 3.63) is 166 Å². The van der Waals surface area contributed by atoms with Crippen molar-refractivity contribution >= 4 is 58.5 Å². The van der Waals surface area contributed by atoms with E-state index in [9.17, 15) is 14.4 Å². The third kappa shape index (κ3) is 6.38. The molecule has 1 fully saturated rings. The van der Waals surface area contributed by atoms with Gasteiger partial charge >= 0.3 is 12.1 Å². The number of amides is 2. The van der Waals surface area contributed by atoms with Gasteiger partial charge in [0.25, 0.3) is 0 Å². The van der Waals surface area contributed by atoms with Crippen molar-refractivity contribution in [1.29, 1.82) is 0 Å². The summed E-state index contributed by atoms with van der Waals surface area (Å²) in [5.41, 5.74) is 15.8. The van der Waals surface area contributed by atoms with E-state index < -0.39 is 24.2 Å². The molecule has 4 aliphatic rings. The Bertz CT molecular complexity index is 2190. The number of nitrogens with zero attached hydrogens (tertiary/aromatic N) is 4. The fourth-order valence-corrected chi connectivity index (χ4v) is 9.50. The smallest absolute Gasteiger partial charge is 0.430 e. The standard InChI is InChI=1S/C41H36N6O5S2/c1-25-31(26-15-7-3-8-16-26)38(47-36(43-25)33(27-17-9-4-10-18-27)46(44-47)41(50)51-2)53-23-30-24-54-39-32(42)37(48)45(39)34(30)40(49)52-35(28-19-11-5-12-20-28)29-21-13-6-14-22-29/h3-22,32,35,39,44H,23-24,42H2,1-2H3/t32-,39-/m1/s1. The molecule has 1 saturated heterocycles. The number of fused-ring (bicyclic) bond motifs is 2. The van der Waals surface area contributed by atoms with Gasteiger partial charge in [-0.15, -0.1) is 29.1 Å². The van der Waals surface area contributed by atoms with Crippen LogP contribution in [0.4, 0.5) is 4.79 Å². The van der Waals surface area contributed by atoms with Crippen LogP contribution in [0.5, 0.6) is 0 Å². The lowest BCUT2D eigenvalue weighted by Gasteiger charge is -2.48. The van der Waals surface area contributed by atoms with Crippen LogP contribution in [0.1, 0.15) is 35.3 Å². The molecule has 4 aromatic carbocycles. The zero-order valence-electron chi connectivity index (χ0n) is 29.4. The molecule has 2 amide bonds. The predicted molar refractivity (Wildman–Crippen MR) is 210 cm³/mol. The van der Waals surface area contributed by atoms with E-state index in [2.05, 4.69) is 5.53 Å². The average Bonchev–Trinajstić information content (AvgIpc) is 3.61. The number of thioether (sulfide) groups is 2. The van der Waals surface area contributed by atoms with Crippen molar-refractivity contribution in [1.82, 2.24) is 20.5 Å². The number of nitrogens with two attached hydrogens (primary N) is 1. The summed E-state index contributed by atoms with van der Waals surface area (Å²) in [7, 11) is 1.33. The largest absolute Gasteiger partial charge is 0.451 e. The summed E-state index contributed by atoms with van der Waals surface area (Å²) >= 11 is 3.00. The number of methoxy groups -OCH3 is 1. The highest BCUT2D eigenvalue weighted by Gasteiger charge is 2.52. The molecule has 11 nitrogen and oxygen atoms in total. The first kappa shape index (κ1) is 35.4. The Morgan fingerprint density at radius 2 is 1.48 bits per heavy atom. The third-order valence-corrected chi connectivity index (χ3v) is 12.0. The molecular weight excluding hydrogens is 721 g/mol. The fourth-order valence-electron chi connectivity index (χ4n) is 6.86. The van der Waals surface area contributed by atoms with Gasteiger partial charge in [-0.2, -0.15) is 5.01 Å². The van der Waals surface area contributed by atoms with E-state index in [1.807, 2.05) is 128 Å². The van der Waals surface area contributed by atoms with Crippen LogP contribution in [-0.2, 0) is 19.1 Å². The van der Waals surface area contributed by atoms with Crippen molar-refractivity contribution in [3.8, 4) is 0 Å². The molecule has 0 aliphatic carbocycles. The second kappa shape index (κ2) is 15.0. The van der Waals surface area contributed by atoms with Crippen LogP contribution in [0.2, 0.25) is 0 Å². The number of rotatable bonds is 9. The van der Waals surface area contributed by atoms with E-state index in [1.165, 1.54) is 40.5 Å². The SMILES string of the molecule is COC(=O)N1NN2C(=C1c1ccccc1)N=C(C)C(c1ccccc1)=C2SCC1=C(C(=O)OC(c2ccccc2)c2ccccc2)N2C(=O)[C@@H](N)[C@H]2SC1. The van der Waals surface area contributed by atoms with Gasteiger partial charge in [-0.05, 0) is 29.2 Å². The summed E-state index contributed by atoms with van der Waals surface area (Å²) in [5, 5.41) is 3.49. The second-order valence-corrected chi connectivity index (χ2v) is 14.9. The number of esters is 1. The molecule has 8 rings (SSSR count). The Labute approximate surface area is 321 Å². The van der Waals surface area contributed by atoms with Gasteiger partial charge < -0.3 is 15.2 Å². The first-order chi connectivity index (χ1) is 26.4. The minimum Gasteiger partial charge on any atom is -0.451 e. The highest BCUT2D eigenvalue weighted by Crippen LogP contribution is 2.46. The number of hydrazine groups is 2. The molecule has 3 N–H and O–H groups in total. The Morgan fingerprint density at radius 3 is 2.07 bits per heavy atom. The van der Waals surface area contributed by atoms with Crippen LogP contribution in [0, 0.1) is 0 Å². The zero-order valence-corrected chi connectivity index (χ0v) is 31.1. The van der Waals surface area contributed by atoms with Crippen LogP contribution < -0.4 is 11.3 Å². The van der Waals surface area contributed by atoms with Gasteiger partial charge in [0.1, 0.15) is 27.8 Å². The van der Waals surface area contributed by atoms with E-state index in [-0.39, 0.29) is 17.0 Å². The van der Waals surface area contributed by atoms with Crippen LogP contribution in [0.3, 0.4) is 0 Å². The second-order valence-electron chi connectivity index (χ2n) is 12.8. The first-order valence-electron chi connectivity index (χ1n) is 17.3. The normalized spacial score (nSPS) is 19.4. The molecule has 0 unspecified atom stereocenters. The fraction of sp³-hybridized carbons (Fsp3) is 0.171. The Balaban J connectivity index is 1.20. The quantitative estimate of drug-likeness (QED) is 0.144. The lowest BCUT2D eigenvalue weighted by Crippen LogP contribution is -2.68. The maximum Gasteiger partial charge on any atom is 0.430 e. The number of aliphatic imine (C=N–C) groups is 1. The summed E-state index contributed by atoms with van der Waals surface area (Å²) in [6.45, 7) is 1.94. The lowest BCUT2D eigenvalue weighted by atomic mass is 10.0. The van der Waals surface area contributed by atoms with Crippen molar-refractivity contribution in [2.24, 2.45) is 10.7 Å². The number of hydrogen-bond donors (Lipinski definition) is 2. The van der Waals surface area contributed by atoms with Crippen LogP contribution in [0.15, 0.2) is 148 Å². The summed E-state index contributed by atoms with van der Waals surface area (Å²) in [6, 6.07) is 37.8. The Hall–Kier alpha value is -5.60. The third-order valence-electron chi connectivity index (χ3n) is 9.46. The van der Waals surface area contributed by atoms with Gasteiger partial charge in [-0.3, -0.25) is 9.69 Å². The number of β-lactam (4-membered cyclic amide) rings is 1. The van der Waals surface area contributed by atoms with E-state index in [4.69, 9.17) is 20.2 Å². The molecule has 0 spiro atoms. The van der Waals surface area contributed by atoms with Crippen LogP contribution >= 0.6 is 23.5 Å². The molecule has 272 valence electrons. The molecule has 0 aromatic heterocycles. The number of carbonyl (C=O) groups excluding carboxylic acids is 3. The number of carbonyl (C=O) groups is 3. The van der Waals surface area contributed by atoms with Gasteiger partial charge in [0.05, 0.1) is 12.8 Å². The van der Waals surface area contributed by atoms with Crippen molar-refractivity contribution in [2.75, 3.05) is 18.6 Å². The van der Waals surface area contributed by atoms with E-state index in [0.29, 0.717) is 23.0 Å². The van der Waals surface area contributed by atoms with Gasteiger partial charge in [0, 0.05) is 22.6 Å². The summed E-state index contributed by atoms with van der Waals surface area (Å²) in [5.74, 6) is 0.358. The monoisotopic (exact) mass is 756 g/mol. The molecule has 0 radical (unpaired) electrons. The lowest BCUT2D eigenvalue weighted by molar-refractivity contribution is -0.153. The van der Waals surface area contributed by atoms with E-state index in [1.54, 1.807) is 5.01 Å². The van der Waals surface area contributed by atoms with Gasteiger partial charge in [0.15, 0.2) is 11.9 Å². The van der Waals surface area contributed by atoms with E-state index in [0.717, 1.165) is 44.1 Å². The maximum atomic E-state index is 14.5. The minimum atomic E-state index is -0.710.